The Hall–Kier alpha value is -1.56. The quantitative estimate of drug-likeness (QED) is 0.888. The molecule has 1 aliphatic rings. The number of piperidine rings is 1. The van der Waals surface area contributed by atoms with E-state index in [2.05, 4.69) is 21.2 Å². The fraction of sp³-hybridized carbons (Fsp3) is 0.500. The molecule has 0 aliphatic carbocycles. The number of nitrogens with zero attached hydrogens (tertiary/aromatic N) is 1. The van der Waals surface area contributed by atoms with Crippen LogP contribution in [0.5, 0.6) is 5.75 Å². The summed E-state index contributed by atoms with van der Waals surface area (Å²) in [7, 11) is 1.58. The molecule has 1 N–H and O–H groups in total. The Balaban J connectivity index is 2.10. The van der Waals surface area contributed by atoms with Gasteiger partial charge in [-0.15, -0.1) is 0 Å². The van der Waals surface area contributed by atoms with E-state index in [1.807, 2.05) is 13.0 Å². The van der Waals surface area contributed by atoms with Gasteiger partial charge in [-0.05, 0) is 47.0 Å². The van der Waals surface area contributed by atoms with Gasteiger partial charge in [0.05, 0.1) is 12.7 Å². The molecule has 0 bridgehead atoms. The van der Waals surface area contributed by atoms with Gasteiger partial charge in [0.1, 0.15) is 5.75 Å². The number of rotatable bonds is 4. The first kappa shape index (κ1) is 16.8. The van der Waals surface area contributed by atoms with E-state index in [1.54, 1.807) is 24.1 Å². The Bertz CT molecular complexity index is 562. The zero-order chi connectivity index (χ0) is 16.1. The first-order valence-corrected chi connectivity index (χ1v) is 8.26. The van der Waals surface area contributed by atoms with Gasteiger partial charge in [-0.2, -0.15) is 0 Å². The van der Waals surface area contributed by atoms with Crippen LogP contribution in [0.4, 0.5) is 0 Å². The van der Waals surface area contributed by atoms with Crippen LogP contribution in [0.3, 0.4) is 0 Å². The maximum absolute atomic E-state index is 12.7. The highest BCUT2D eigenvalue weighted by molar-refractivity contribution is 9.10. The largest absolute Gasteiger partial charge is 0.497 e. The van der Waals surface area contributed by atoms with Gasteiger partial charge < -0.3 is 15.0 Å². The third-order valence-corrected chi connectivity index (χ3v) is 4.49. The lowest BCUT2D eigenvalue weighted by molar-refractivity contribution is -0.121. The average molecular weight is 369 g/mol. The zero-order valence-electron chi connectivity index (χ0n) is 12.9. The third kappa shape index (κ3) is 4.00. The summed E-state index contributed by atoms with van der Waals surface area (Å²) in [6.07, 6.45) is 2.27. The average Bonchev–Trinajstić information content (AvgIpc) is 2.54. The van der Waals surface area contributed by atoms with Crippen LogP contribution in [0.15, 0.2) is 22.7 Å². The highest BCUT2D eigenvalue weighted by atomic mass is 79.9. The van der Waals surface area contributed by atoms with Crippen molar-refractivity contribution in [1.29, 1.82) is 0 Å². The number of halogens is 1. The maximum atomic E-state index is 12.7. The van der Waals surface area contributed by atoms with Crippen molar-refractivity contribution in [3.05, 3.63) is 28.2 Å². The van der Waals surface area contributed by atoms with Crippen molar-refractivity contribution in [2.45, 2.75) is 32.2 Å². The van der Waals surface area contributed by atoms with Gasteiger partial charge in [-0.1, -0.05) is 6.92 Å². The Labute approximate surface area is 139 Å². The van der Waals surface area contributed by atoms with Crippen molar-refractivity contribution < 1.29 is 14.3 Å². The molecule has 0 spiro atoms. The molecule has 22 heavy (non-hydrogen) atoms. The van der Waals surface area contributed by atoms with E-state index < -0.39 is 0 Å². The molecule has 1 unspecified atom stereocenters. The number of ether oxygens (including phenoxy) is 1. The Kier molecular flexibility index (Phi) is 5.83. The number of amides is 2. The van der Waals surface area contributed by atoms with Crippen LogP contribution in [-0.4, -0.2) is 43.0 Å². The standard InChI is InChI=1S/C16H21BrN2O3/c1-3-15(20)18-11-5-4-8-19(10-11)16(21)13-9-12(22-2)6-7-14(13)17/h6-7,9,11H,3-5,8,10H2,1-2H3,(H,18,20). The molecule has 5 nitrogen and oxygen atoms in total. The lowest BCUT2D eigenvalue weighted by Gasteiger charge is -2.33. The minimum atomic E-state index is -0.0405. The minimum absolute atomic E-state index is 0.0295. The number of carbonyl (C=O) groups excluding carboxylic acids is 2. The van der Waals surface area contributed by atoms with Crippen LogP contribution in [-0.2, 0) is 4.79 Å². The Morgan fingerprint density at radius 1 is 1.45 bits per heavy atom. The van der Waals surface area contributed by atoms with E-state index in [0.717, 1.165) is 17.3 Å². The predicted molar refractivity (Wildman–Crippen MR) is 88.1 cm³/mol. The Morgan fingerprint density at radius 2 is 2.23 bits per heavy atom. The topological polar surface area (TPSA) is 58.6 Å². The van der Waals surface area contributed by atoms with Gasteiger partial charge in [0.15, 0.2) is 0 Å². The first-order chi connectivity index (χ1) is 10.5. The number of hydrogen-bond acceptors (Lipinski definition) is 3. The van der Waals surface area contributed by atoms with Gasteiger partial charge >= 0.3 is 0 Å². The molecule has 120 valence electrons. The van der Waals surface area contributed by atoms with E-state index in [9.17, 15) is 9.59 Å². The van der Waals surface area contributed by atoms with Crippen molar-refractivity contribution in [2.24, 2.45) is 0 Å². The molecule has 1 aliphatic heterocycles. The van der Waals surface area contributed by atoms with Crippen LogP contribution in [0.2, 0.25) is 0 Å². The molecule has 6 heteroatoms. The first-order valence-electron chi connectivity index (χ1n) is 7.47. The van der Waals surface area contributed by atoms with E-state index in [4.69, 9.17) is 4.74 Å². The second kappa shape index (κ2) is 7.63. The normalized spacial score (nSPS) is 18.0. The van der Waals surface area contributed by atoms with E-state index in [-0.39, 0.29) is 17.9 Å². The fourth-order valence-corrected chi connectivity index (χ4v) is 2.99. The molecule has 1 atom stereocenters. The Morgan fingerprint density at radius 3 is 2.91 bits per heavy atom. The van der Waals surface area contributed by atoms with Gasteiger partial charge in [0, 0.05) is 30.0 Å². The zero-order valence-corrected chi connectivity index (χ0v) is 14.5. The summed E-state index contributed by atoms with van der Waals surface area (Å²) in [6, 6.07) is 5.39. The molecule has 1 aromatic rings. The molecule has 2 rings (SSSR count). The van der Waals surface area contributed by atoms with Crippen LogP contribution < -0.4 is 10.1 Å². The monoisotopic (exact) mass is 368 g/mol. The smallest absolute Gasteiger partial charge is 0.255 e. The maximum Gasteiger partial charge on any atom is 0.255 e. The summed E-state index contributed by atoms with van der Waals surface area (Å²) in [6.45, 7) is 3.09. The summed E-state index contributed by atoms with van der Waals surface area (Å²) in [5, 5.41) is 2.97. The minimum Gasteiger partial charge on any atom is -0.497 e. The summed E-state index contributed by atoms with van der Waals surface area (Å²) in [5.74, 6) is 0.641. The SMILES string of the molecule is CCC(=O)NC1CCCN(C(=O)c2cc(OC)ccc2Br)C1. The summed E-state index contributed by atoms with van der Waals surface area (Å²) in [5.41, 5.74) is 0.585. The number of likely N-dealkylation sites (tertiary alicyclic amines) is 1. The van der Waals surface area contributed by atoms with Crippen LogP contribution in [0, 0.1) is 0 Å². The molecular formula is C16H21BrN2O3. The molecule has 1 fully saturated rings. The van der Waals surface area contributed by atoms with Crippen LogP contribution in [0.25, 0.3) is 0 Å². The van der Waals surface area contributed by atoms with Crippen molar-refractivity contribution >= 4 is 27.7 Å². The molecule has 0 radical (unpaired) electrons. The van der Waals surface area contributed by atoms with Gasteiger partial charge in [-0.3, -0.25) is 9.59 Å². The number of hydrogen-bond donors (Lipinski definition) is 1. The molecular weight excluding hydrogens is 348 g/mol. The van der Waals surface area contributed by atoms with E-state index in [0.29, 0.717) is 30.8 Å². The van der Waals surface area contributed by atoms with Gasteiger partial charge in [0.2, 0.25) is 5.91 Å². The summed E-state index contributed by atoms with van der Waals surface area (Å²) in [4.78, 5) is 26.0. The van der Waals surface area contributed by atoms with Crippen molar-refractivity contribution in [2.75, 3.05) is 20.2 Å². The highest BCUT2D eigenvalue weighted by Crippen LogP contribution is 2.25. The molecule has 1 aromatic carbocycles. The van der Waals surface area contributed by atoms with E-state index in [1.165, 1.54) is 0 Å². The fourth-order valence-electron chi connectivity index (χ4n) is 2.57. The summed E-state index contributed by atoms with van der Waals surface area (Å²) >= 11 is 3.42. The van der Waals surface area contributed by atoms with Gasteiger partial charge in [-0.25, -0.2) is 0 Å². The van der Waals surface area contributed by atoms with Crippen LogP contribution >= 0.6 is 15.9 Å². The van der Waals surface area contributed by atoms with Gasteiger partial charge in [0.25, 0.3) is 5.91 Å². The number of methoxy groups -OCH3 is 1. The molecule has 2 amide bonds. The second-order valence-electron chi connectivity index (χ2n) is 5.36. The lowest BCUT2D eigenvalue weighted by atomic mass is 10.0. The molecule has 1 saturated heterocycles. The third-order valence-electron chi connectivity index (χ3n) is 3.80. The van der Waals surface area contributed by atoms with Crippen molar-refractivity contribution in [1.82, 2.24) is 10.2 Å². The van der Waals surface area contributed by atoms with Crippen LogP contribution in [0.1, 0.15) is 36.5 Å². The lowest BCUT2D eigenvalue weighted by Crippen LogP contribution is -2.49. The number of nitrogens with one attached hydrogen (secondary N) is 1. The van der Waals surface area contributed by atoms with E-state index >= 15 is 0 Å². The number of carbonyl (C=O) groups is 2. The van der Waals surface area contributed by atoms with Crippen molar-refractivity contribution in [3.8, 4) is 5.75 Å². The molecule has 1 heterocycles. The second-order valence-corrected chi connectivity index (χ2v) is 6.21. The summed E-state index contributed by atoms with van der Waals surface area (Å²) < 4.78 is 5.94. The molecule has 0 saturated carbocycles. The molecule has 0 aromatic heterocycles. The predicted octanol–water partition coefficient (Wildman–Crippen LogP) is 2.59. The number of benzene rings is 1. The highest BCUT2D eigenvalue weighted by Gasteiger charge is 2.26. The van der Waals surface area contributed by atoms with Crippen molar-refractivity contribution in [3.63, 3.8) is 0 Å².